The predicted octanol–water partition coefficient (Wildman–Crippen LogP) is 3.18. The summed E-state index contributed by atoms with van der Waals surface area (Å²) in [5, 5.41) is 31.8. The molecule has 10 heteroatoms. The number of nitrogens with one attached hydrogen (secondary N) is 1. The van der Waals surface area contributed by atoms with Crippen LogP contribution in [0.2, 0.25) is 0 Å². The van der Waals surface area contributed by atoms with E-state index in [0.29, 0.717) is 53.8 Å². The zero-order valence-electron chi connectivity index (χ0n) is 16.7. The van der Waals surface area contributed by atoms with Crippen molar-refractivity contribution in [1.29, 1.82) is 5.26 Å². The lowest BCUT2D eigenvalue weighted by atomic mass is 10.1. The standard InChI is InChI=1S/C21H20N6O3S/c1-12-18(19(29)30)31-21(23-12)26-20-24-16(14-4-2-3-13(9-14)11-22)10-17(25-20)27-7-5-15(28)6-8-27/h2-4,9-10,15,28H,5-8H2,1H3,(H,29,30)(H,23,24,25,26). The van der Waals surface area contributed by atoms with Gasteiger partial charge in [0.15, 0.2) is 5.13 Å². The Balaban J connectivity index is 1.73. The van der Waals surface area contributed by atoms with Crippen molar-refractivity contribution in [1.82, 2.24) is 15.0 Å². The second-order valence-electron chi connectivity index (χ2n) is 7.21. The molecule has 31 heavy (non-hydrogen) atoms. The minimum absolute atomic E-state index is 0.158. The summed E-state index contributed by atoms with van der Waals surface area (Å²) in [6, 6.07) is 11.1. The van der Waals surface area contributed by atoms with Crippen LogP contribution in [0.5, 0.6) is 0 Å². The molecule has 0 aliphatic carbocycles. The minimum Gasteiger partial charge on any atom is -0.477 e. The van der Waals surface area contributed by atoms with E-state index in [-0.39, 0.29) is 16.9 Å². The molecule has 0 radical (unpaired) electrons. The summed E-state index contributed by atoms with van der Waals surface area (Å²) in [6.07, 6.45) is 0.995. The minimum atomic E-state index is -1.03. The van der Waals surface area contributed by atoms with Crippen molar-refractivity contribution < 1.29 is 15.0 Å². The first-order valence-corrected chi connectivity index (χ1v) is 10.5. The molecule has 0 bridgehead atoms. The number of benzene rings is 1. The van der Waals surface area contributed by atoms with Gasteiger partial charge in [-0.25, -0.2) is 14.8 Å². The number of carbonyl (C=O) groups is 1. The van der Waals surface area contributed by atoms with Gasteiger partial charge in [-0.2, -0.15) is 10.2 Å². The monoisotopic (exact) mass is 436 g/mol. The van der Waals surface area contributed by atoms with Crippen LogP contribution < -0.4 is 10.2 Å². The molecule has 3 N–H and O–H groups in total. The molecule has 0 unspecified atom stereocenters. The number of nitriles is 1. The first kappa shape index (κ1) is 20.7. The van der Waals surface area contributed by atoms with Gasteiger partial charge in [-0.05, 0) is 31.9 Å². The third kappa shape index (κ3) is 4.63. The fourth-order valence-corrected chi connectivity index (χ4v) is 4.19. The van der Waals surface area contributed by atoms with Crippen LogP contribution in [-0.2, 0) is 0 Å². The van der Waals surface area contributed by atoms with Gasteiger partial charge in [0.25, 0.3) is 0 Å². The summed E-state index contributed by atoms with van der Waals surface area (Å²) < 4.78 is 0. The van der Waals surface area contributed by atoms with Gasteiger partial charge in [0.2, 0.25) is 5.95 Å². The summed E-state index contributed by atoms with van der Waals surface area (Å²) in [7, 11) is 0. The maximum atomic E-state index is 11.3. The van der Waals surface area contributed by atoms with Gasteiger partial charge in [0.05, 0.1) is 29.1 Å². The van der Waals surface area contributed by atoms with Crippen molar-refractivity contribution in [3.05, 3.63) is 46.5 Å². The molecule has 1 aliphatic rings. The first-order valence-electron chi connectivity index (χ1n) is 9.73. The molecule has 0 saturated carbocycles. The van der Waals surface area contributed by atoms with Crippen LogP contribution in [0.25, 0.3) is 11.3 Å². The first-order chi connectivity index (χ1) is 14.9. The molecule has 2 aromatic heterocycles. The van der Waals surface area contributed by atoms with E-state index >= 15 is 0 Å². The number of piperidine rings is 1. The van der Waals surface area contributed by atoms with Crippen molar-refractivity contribution in [3.63, 3.8) is 0 Å². The summed E-state index contributed by atoms with van der Waals surface area (Å²) >= 11 is 1.02. The quantitative estimate of drug-likeness (QED) is 0.551. The number of hydrogen-bond donors (Lipinski definition) is 3. The Morgan fingerprint density at radius 2 is 2.03 bits per heavy atom. The number of aromatic nitrogens is 3. The highest BCUT2D eigenvalue weighted by Crippen LogP contribution is 2.29. The average Bonchev–Trinajstić information content (AvgIpc) is 3.14. The lowest BCUT2D eigenvalue weighted by molar-refractivity contribution is 0.0701. The molecule has 158 valence electrons. The molecule has 0 atom stereocenters. The van der Waals surface area contributed by atoms with E-state index in [1.54, 1.807) is 25.1 Å². The van der Waals surface area contributed by atoms with Crippen LogP contribution in [0.3, 0.4) is 0 Å². The predicted molar refractivity (Wildman–Crippen MR) is 117 cm³/mol. The van der Waals surface area contributed by atoms with E-state index in [2.05, 4.69) is 31.2 Å². The number of carboxylic acids is 1. The highest BCUT2D eigenvalue weighted by atomic mass is 32.1. The van der Waals surface area contributed by atoms with E-state index in [9.17, 15) is 20.3 Å². The van der Waals surface area contributed by atoms with Crippen molar-refractivity contribution in [3.8, 4) is 17.3 Å². The Bertz CT molecular complexity index is 1160. The van der Waals surface area contributed by atoms with Crippen LogP contribution in [0.1, 0.15) is 33.8 Å². The Kier molecular flexibility index (Phi) is 5.79. The zero-order valence-corrected chi connectivity index (χ0v) is 17.6. The third-order valence-electron chi connectivity index (χ3n) is 5.00. The van der Waals surface area contributed by atoms with Crippen LogP contribution >= 0.6 is 11.3 Å². The highest BCUT2D eigenvalue weighted by Gasteiger charge is 2.21. The van der Waals surface area contributed by atoms with Crippen molar-refractivity contribution in [2.45, 2.75) is 25.9 Å². The molecule has 3 heterocycles. The average molecular weight is 436 g/mol. The molecule has 4 rings (SSSR count). The summed E-state index contributed by atoms with van der Waals surface area (Å²) in [5.41, 5.74) is 2.34. The fraction of sp³-hybridized carbons (Fsp3) is 0.286. The molecule has 1 fully saturated rings. The second-order valence-corrected chi connectivity index (χ2v) is 8.21. The number of carboxylic acid groups (broad SMARTS) is 1. The molecular weight excluding hydrogens is 416 g/mol. The van der Waals surface area contributed by atoms with E-state index in [0.717, 1.165) is 16.9 Å². The Morgan fingerprint density at radius 1 is 1.26 bits per heavy atom. The largest absolute Gasteiger partial charge is 0.477 e. The number of aliphatic hydroxyl groups excluding tert-OH is 1. The van der Waals surface area contributed by atoms with Gasteiger partial charge < -0.3 is 15.1 Å². The number of anilines is 3. The van der Waals surface area contributed by atoms with Crippen LogP contribution in [0.15, 0.2) is 30.3 Å². The summed E-state index contributed by atoms with van der Waals surface area (Å²) in [6.45, 7) is 2.96. The lowest BCUT2D eigenvalue weighted by Crippen LogP contribution is -2.36. The smallest absolute Gasteiger partial charge is 0.347 e. The van der Waals surface area contributed by atoms with Gasteiger partial charge in [-0.1, -0.05) is 23.5 Å². The molecular formula is C21H20N6O3S. The van der Waals surface area contributed by atoms with Gasteiger partial charge in [0.1, 0.15) is 10.7 Å². The Labute approximate surface area is 182 Å². The lowest BCUT2D eigenvalue weighted by Gasteiger charge is -2.30. The number of aryl methyl sites for hydroxylation is 1. The van der Waals surface area contributed by atoms with Crippen molar-refractivity contribution in [2.24, 2.45) is 0 Å². The summed E-state index contributed by atoms with van der Waals surface area (Å²) in [5.74, 6) is -0.0567. The number of thiazole rings is 1. The Morgan fingerprint density at radius 3 is 2.71 bits per heavy atom. The van der Waals surface area contributed by atoms with Gasteiger partial charge >= 0.3 is 5.97 Å². The number of hydrogen-bond acceptors (Lipinski definition) is 9. The fourth-order valence-electron chi connectivity index (χ4n) is 3.39. The van der Waals surface area contributed by atoms with Crippen LogP contribution in [0, 0.1) is 18.3 Å². The maximum absolute atomic E-state index is 11.3. The maximum Gasteiger partial charge on any atom is 0.347 e. The van der Waals surface area contributed by atoms with Crippen LogP contribution in [0.4, 0.5) is 16.9 Å². The SMILES string of the molecule is Cc1nc(Nc2nc(-c3cccc(C#N)c3)cc(N3CCC(O)CC3)n2)sc1C(=O)O. The van der Waals surface area contributed by atoms with E-state index in [1.807, 2.05) is 12.1 Å². The van der Waals surface area contributed by atoms with Gasteiger partial charge in [-0.15, -0.1) is 0 Å². The van der Waals surface area contributed by atoms with E-state index in [4.69, 9.17) is 0 Å². The van der Waals surface area contributed by atoms with Crippen LogP contribution in [-0.4, -0.2) is 50.3 Å². The second kappa shape index (κ2) is 8.67. The molecule has 0 amide bonds. The normalized spacial score (nSPS) is 14.3. The molecule has 1 aromatic carbocycles. The highest BCUT2D eigenvalue weighted by molar-refractivity contribution is 7.17. The van der Waals surface area contributed by atoms with Gasteiger partial charge in [-0.3, -0.25) is 5.32 Å². The molecule has 9 nitrogen and oxygen atoms in total. The Hall–Kier alpha value is -3.55. The zero-order chi connectivity index (χ0) is 22.0. The van der Waals surface area contributed by atoms with E-state index < -0.39 is 5.97 Å². The number of rotatable bonds is 5. The summed E-state index contributed by atoms with van der Waals surface area (Å²) in [4.78, 5) is 27.0. The molecule has 3 aromatic rings. The molecule has 1 aliphatic heterocycles. The van der Waals surface area contributed by atoms with Crippen molar-refractivity contribution in [2.75, 3.05) is 23.3 Å². The topological polar surface area (TPSA) is 135 Å². The number of aliphatic hydroxyl groups is 1. The number of nitrogens with zero attached hydrogens (tertiary/aromatic N) is 5. The third-order valence-corrected chi connectivity index (χ3v) is 6.06. The van der Waals surface area contributed by atoms with E-state index in [1.165, 1.54) is 0 Å². The van der Waals surface area contributed by atoms with Gasteiger partial charge in [0, 0.05) is 24.7 Å². The van der Waals surface area contributed by atoms with Crippen molar-refractivity contribution >= 4 is 34.2 Å². The molecule has 1 saturated heterocycles. The number of aromatic carboxylic acids is 1. The molecule has 0 spiro atoms.